The molecule has 0 bridgehead atoms. The number of ether oxygens (including phenoxy) is 1. The van der Waals surface area contributed by atoms with Crippen LogP contribution in [0.2, 0.25) is 0 Å². The largest absolute Gasteiger partial charge is 0.492 e. The summed E-state index contributed by atoms with van der Waals surface area (Å²) in [5.74, 6) is -0.914. The van der Waals surface area contributed by atoms with Gasteiger partial charge in [0.15, 0.2) is 11.6 Å². The third kappa shape index (κ3) is 2.15. The topological polar surface area (TPSA) is 72.6 Å². The van der Waals surface area contributed by atoms with Gasteiger partial charge in [0.05, 0.1) is 17.7 Å². The molecule has 0 unspecified atom stereocenters. The Morgan fingerprint density at radius 1 is 1.44 bits per heavy atom. The number of benzene rings is 1. The zero-order valence-corrected chi connectivity index (χ0v) is 11.0. The SMILES string of the molecule is COc1c(N)cc(S(=O)(=O)N(C)C2CC2)cc1F. The molecule has 0 aliphatic heterocycles. The number of hydrogen-bond acceptors (Lipinski definition) is 4. The molecule has 0 saturated heterocycles. The van der Waals surface area contributed by atoms with Crippen molar-refractivity contribution in [2.24, 2.45) is 0 Å². The first-order valence-corrected chi connectivity index (χ1v) is 6.93. The number of nitrogens with zero attached hydrogens (tertiary/aromatic N) is 1. The van der Waals surface area contributed by atoms with Crippen LogP contribution in [0.5, 0.6) is 5.75 Å². The van der Waals surface area contributed by atoms with Gasteiger partial charge in [0.25, 0.3) is 0 Å². The maximum atomic E-state index is 13.6. The van der Waals surface area contributed by atoms with E-state index in [0.29, 0.717) is 0 Å². The van der Waals surface area contributed by atoms with E-state index in [0.717, 1.165) is 18.9 Å². The van der Waals surface area contributed by atoms with Gasteiger partial charge in [0.2, 0.25) is 10.0 Å². The highest BCUT2D eigenvalue weighted by atomic mass is 32.2. The highest BCUT2D eigenvalue weighted by molar-refractivity contribution is 7.89. The van der Waals surface area contributed by atoms with Gasteiger partial charge in [-0.15, -0.1) is 0 Å². The van der Waals surface area contributed by atoms with Gasteiger partial charge in [-0.05, 0) is 25.0 Å². The Labute approximate surface area is 105 Å². The second-order valence-electron chi connectivity index (χ2n) is 4.28. The third-order valence-electron chi connectivity index (χ3n) is 2.99. The molecule has 1 aliphatic rings. The highest BCUT2D eigenvalue weighted by Crippen LogP contribution is 2.33. The first kappa shape index (κ1) is 13.1. The van der Waals surface area contributed by atoms with Crippen molar-refractivity contribution in [3.63, 3.8) is 0 Å². The zero-order valence-electron chi connectivity index (χ0n) is 10.2. The first-order chi connectivity index (χ1) is 8.37. The summed E-state index contributed by atoms with van der Waals surface area (Å²) in [5, 5.41) is 0. The van der Waals surface area contributed by atoms with Crippen molar-refractivity contribution in [1.82, 2.24) is 4.31 Å². The van der Waals surface area contributed by atoms with Crippen LogP contribution in [0.3, 0.4) is 0 Å². The minimum atomic E-state index is -3.69. The van der Waals surface area contributed by atoms with Crippen LogP contribution in [0.4, 0.5) is 10.1 Å². The smallest absolute Gasteiger partial charge is 0.243 e. The summed E-state index contributed by atoms with van der Waals surface area (Å²) in [5.41, 5.74) is 5.55. The number of rotatable bonds is 4. The number of nitrogen functional groups attached to an aromatic ring is 1. The fourth-order valence-electron chi connectivity index (χ4n) is 1.75. The van der Waals surface area contributed by atoms with Gasteiger partial charge >= 0.3 is 0 Å². The van der Waals surface area contributed by atoms with Crippen LogP contribution in [0.15, 0.2) is 17.0 Å². The lowest BCUT2D eigenvalue weighted by atomic mass is 10.3. The van der Waals surface area contributed by atoms with Gasteiger partial charge in [-0.2, -0.15) is 4.31 Å². The van der Waals surface area contributed by atoms with Crippen molar-refractivity contribution in [2.45, 2.75) is 23.8 Å². The molecule has 1 aliphatic carbocycles. The molecule has 1 aromatic rings. The Morgan fingerprint density at radius 3 is 2.50 bits per heavy atom. The van der Waals surface area contributed by atoms with Crippen LogP contribution in [0.25, 0.3) is 0 Å². The molecule has 0 heterocycles. The van der Waals surface area contributed by atoms with Crippen molar-refractivity contribution in [2.75, 3.05) is 19.9 Å². The second-order valence-corrected chi connectivity index (χ2v) is 6.28. The summed E-state index contributed by atoms with van der Waals surface area (Å²) in [4.78, 5) is -0.146. The highest BCUT2D eigenvalue weighted by Gasteiger charge is 2.35. The Bertz CT molecular complexity index is 547. The number of sulfonamides is 1. The van der Waals surface area contributed by atoms with E-state index in [1.165, 1.54) is 24.5 Å². The fraction of sp³-hybridized carbons (Fsp3) is 0.455. The monoisotopic (exact) mass is 274 g/mol. The second kappa shape index (κ2) is 4.40. The van der Waals surface area contributed by atoms with Crippen LogP contribution in [-0.2, 0) is 10.0 Å². The maximum absolute atomic E-state index is 13.6. The van der Waals surface area contributed by atoms with E-state index in [4.69, 9.17) is 10.5 Å². The van der Waals surface area contributed by atoms with E-state index in [-0.39, 0.29) is 22.4 Å². The predicted octanol–water partition coefficient (Wildman–Crippen LogP) is 1.20. The van der Waals surface area contributed by atoms with Gasteiger partial charge in [0, 0.05) is 13.1 Å². The van der Waals surface area contributed by atoms with Crippen LogP contribution < -0.4 is 10.5 Å². The molecule has 1 saturated carbocycles. The van der Waals surface area contributed by atoms with Crippen LogP contribution in [-0.4, -0.2) is 32.9 Å². The number of hydrogen-bond donors (Lipinski definition) is 1. The zero-order chi connectivity index (χ0) is 13.5. The van der Waals surface area contributed by atoms with Gasteiger partial charge in [0.1, 0.15) is 0 Å². The summed E-state index contributed by atoms with van der Waals surface area (Å²) < 4.78 is 44.0. The van der Waals surface area contributed by atoms with Crippen molar-refractivity contribution >= 4 is 15.7 Å². The fourth-order valence-corrected chi connectivity index (χ4v) is 3.22. The van der Waals surface area contributed by atoms with Gasteiger partial charge in [-0.25, -0.2) is 12.8 Å². The number of anilines is 1. The molecule has 1 fully saturated rings. The Morgan fingerprint density at radius 2 is 2.06 bits per heavy atom. The van der Waals surface area contributed by atoms with E-state index in [9.17, 15) is 12.8 Å². The molecule has 2 rings (SSSR count). The lowest BCUT2D eigenvalue weighted by molar-refractivity contribution is 0.387. The average molecular weight is 274 g/mol. The molecule has 1 aromatic carbocycles. The molecule has 5 nitrogen and oxygen atoms in total. The van der Waals surface area contributed by atoms with Gasteiger partial charge < -0.3 is 10.5 Å². The minimum Gasteiger partial charge on any atom is -0.492 e. The number of halogens is 1. The predicted molar refractivity (Wildman–Crippen MR) is 65.3 cm³/mol. The van der Waals surface area contributed by atoms with Crippen LogP contribution in [0.1, 0.15) is 12.8 Å². The molecule has 0 spiro atoms. The normalized spacial score (nSPS) is 16.0. The summed E-state index contributed by atoms with van der Waals surface area (Å²) in [6.45, 7) is 0. The Balaban J connectivity index is 2.45. The average Bonchev–Trinajstić information content (AvgIpc) is 3.11. The molecule has 0 amide bonds. The van der Waals surface area contributed by atoms with E-state index in [1.807, 2.05) is 0 Å². The van der Waals surface area contributed by atoms with Crippen molar-refractivity contribution in [3.05, 3.63) is 17.9 Å². The maximum Gasteiger partial charge on any atom is 0.243 e. The Kier molecular flexibility index (Phi) is 3.20. The van der Waals surface area contributed by atoms with Crippen LogP contribution >= 0.6 is 0 Å². The standard InChI is InChI=1S/C11H15FN2O3S/c1-14(7-3-4-7)18(15,16)8-5-9(12)11(17-2)10(13)6-8/h5-7H,3-4,13H2,1-2H3. The lowest BCUT2D eigenvalue weighted by Crippen LogP contribution is -2.29. The molecule has 2 N–H and O–H groups in total. The van der Waals surface area contributed by atoms with Crippen molar-refractivity contribution < 1.29 is 17.5 Å². The molecule has 18 heavy (non-hydrogen) atoms. The quantitative estimate of drug-likeness (QED) is 0.837. The summed E-state index contributed by atoms with van der Waals surface area (Å²) >= 11 is 0. The molecule has 7 heteroatoms. The Hall–Kier alpha value is -1.34. The molecule has 0 radical (unpaired) electrons. The summed E-state index contributed by atoms with van der Waals surface area (Å²) in [6.07, 6.45) is 1.67. The third-order valence-corrected chi connectivity index (χ3v) is 4.88. The summed E-state index contributed by atoms with van der Waals surface area (Å²) in [7, 11) is -0.919. The molecular formula is C11H15FN2O3S. The molecular weight excluding hydrogens is 259 g/mol. The van der Waals surface area contributed by atoms with E-state index < -0.39 is 15.8 Å². The first-order valence-electron chi connectivity index (χ1n) is 5.49. The van der Waals surface area contributed by atoms with E-state index >= 15 is 0 Å². The van der Waals surface area contributed by atoms with Crippen LogP contribution in [0, 0.1) is 5.82 Å². The van der Waals surface area contributed by atoms with Crippen molar-refractivity contribution in [1.29, 1.82) is 0 Å². The summed E-state index contributed by atoms with van der Waals surface area (Å²) in [6, 6.07) is 2.17. The molecule has 100 valence electrons. The number of nitrogens with two attached hydrogens (primary N) is 1. The molecule has 0 aromatic heterocycles. The lowest BCUT2D eigenvalue weighted by Gasteiger charge is -2.17. The van der Waals surface area contributed by atoms with E-state index in [1.54, 1.807) is 0 Å². The van der Waals surface area contributed by atoms with Crippen molar-refractivity contribution in [3.8, 4) is 5.75 Å². The molecule has 0 atom stereocenters. The minimum absolute atomic E-state index is 0.0152. The van der Waals surface area contributed by atoms with E-state index in [2.05, 4.69) is 0 Å². The van der Waals surface area contributed by atoms with Gasteiger partial charge in [-0.3, -0.25) is 0 Å². The van der Waals surface area contributed by atoms with Gasteiger partial charge in [-0.1, -0.05) is 0 Å². The number of methoxy groups -OCH3 is 1.